The Hall–Kier alpha value is -0.300. The van der Waals surface area contributed by atoms with Crippen LogP contribution in [0.4, 0.5) is 0 Å². The average molecular weight is 133 g/mol. The SMILES string of the molecule is CC/C=C/C(=O)CCl. The van der Waals surface area contributed by atoms with Gasteiger partial charge < -0.3 is 0 Å². The number of hydrogen-bond donors (Lipinski definition) is 0. The molecule has 0 atom stereocenters. The predicted octanol–water partition coefficient (Wildman–Crippen LogP) is 1.76. The summed E-state index contributed by atoms with van der Waals surface area (Å²) in [5.41, 5.74) is 0. The Kier molecular flexibility index (Phi) is 4.67. The van der Waals surface area contributed by atoms with Crippen LogP contribution in [0.3, 0.4) is 0 Å². The highest BCUT2D eigenvalue weighted by Gasteiger charge is 1.87. The molecule has 0 N–H and O–H groups in total. The van der Waals surface area contributed by atoms with E-state index in [1.54, 1.807) is 6.08 Å². The minimum absolute atomic E-state index is 0.0199. The molecule has 0 aliphatic rings. The van der Waals surface area contributed by atoms with Crippen LogP contribution in [0.1, 0.15) is 13.3 Å². The van der Waals surface area contributed by atoms with Crippen molar-refractivity contribution in [2.45, 2.75) is 13.3 Å². The summed E-state index contributed by atoms with van der Waals surface area (Å²) in [6.07, 6.45) is 4.19. The van der Waals surface area contributed by atoms with Crippen LogP contribution in [0.25, 0.3) is 0 Å². The molecule has 2 heteroatoms. The zero-order valence-electron chi connectivity index (χ0n) is 4.86. The van der Waals surface area contributed by atoms with Gasteiger partial charge in [0.15, 0.2) is 5.78 Å². The molecule has 0 saturated carbocycles. The van der Waals surface area contributed by atoms with Crippen molar-refractivity contribution < 1.29 is 4.79 Å². The minimum Gasteiger partial charge on any atom is -0.294 e. The van der Waals surface area contributed by atoms with Gasteiger partial charge in [0.25, 0.3) is 0 Å². The molecule has 1 nitrogen and oxygen atoms in total. The van der Waals surface area contributed by atoms with Crippen LogP contribution in [0.2, 0.25) is 0 Å². The number of allylic oxidation sites excluding steroid dienone is 2. The molecule has 0 spiro atoms. The molecule has 0 rings (SSSR count). The Bertz CT molecular complexity index is 96.7. The van der Waals surface area contributed by atoms with Gasteiger partial charge in [0.2, 0.25) is 0 Å². The van der Waals surface area contributed by atoms with Crippen molar-refractivity contribution in [3.63, 3.8) is 0 Å². The molecule has 0 aromatic rings. The number of halogens is 1. The first-order valence-corrected chi connectivity index (χ1v) is 3.10. The summed E-state index contributed by atoms with van der Waals surface area (Å²) in [4.78, 5) is 10.4. The van der Waals surface area contributed by atoms with Crippen LogP contribution in [-0.2, 0) is 4.79 Å². The van der Waals surface area contributed by atoms with Gasteiger partial charge in [-0.15, -0.1) is 11.6 Å². The van der Waals surface area contributed by atoms with E-state index in [1.165, 1.54) is 6.08 Å². The summed E-state index contributed by atoms with van der Waals surface area (Å²) in [7, 11) is 0. The minimum atomic E-state index is -0.0199. The van der Waals surface area contributed by atoms with Crippen molar-refractivity contribution in [2.24, 2.45) is 0 Å². The van der Waals surface area contributed by atoms with Crippen LogP contribution in [0.15, 0.2) is 12.2 Å². The second kappa shape index (κ2) is 4.85. The first kappa shape index (κ1) is 7.70. The van der Waals surface area contributed by atoms with E-state index in [1.807, 2.05) is 6.92 Å². The Morgan fingerprint density at radius 3 is 2.75 bits per heavy atom. The lowest BCUT2D eigenvalue weighted by molar-refractivity contribution is -0.112. The second-order valence-corrected chi connectivity index (χ2v) is 1.68. The fourth-order valence-electron chi connectivity index (χ4n) is 0.294. The summed E-state index contributed by atoms with van der Waals surface area (Å²) < 4.78 is 0. The first-order valence-electron chi connectivity index (χ1n) is 2.56. The molecule has 0 bridgehead atoms. The average Bonchev–Trinajstić information content (AvgIpc) is 1.83. The van der Waals surface area contributed by atoms with Gasteiger partial charge in [0.05, 0.1) is 5.88 Å². The Morgan fingerprint density at radius 2 is 2.38 bits per heavy atom. The van der Waals surface area contributed by atoms with Gasteiger partial charge in [0, 0.05) is 0 Å². The number of carbonyl (C=O) groups excluding carboxylic acids is 1. The van der Waals surface area contributed by atoms with Crippen LogP contribution in [-0.4, -0.2) is 11.7 Å². The van der Waals surface area contributed by atoms with Gasteiger partial charge >= 0.3 is 0 Å². The number of alkyl halides is 1. The lowest BCUT2D eigenvalue weighted by Gasteiger charge is -1.79. The zero-order valence-corrected chi connectivity index (χ0v) is 5.61. The van der Waals surface area contributed by atoms with Crippen molar-refractivity contribution in [1.82, 2.24) is 0 Å². The molecule has 0 amide bonds. The van der Waals surface area contributed by atoms with E-state index in [-0.39, 0.29) is 11.7 Å². The fraction of sp³-hybridized carbons (Fsp3) is 0.500. The van der Waals surface area contributed by atoms with Crippen molar-refractivity contribution >= 4 is 17.4 Å². The van der Waals surface area contributed by atoms with Crippen LogP contribution in [0.5, 0.6) is 0 Å². The normalized spacial score (nSPS) is 10.2. The van der Waals surface area contributed by atoms with Crippen molar-refractivity contribution in [1.29, 1.82) is 0 Å². The number of carbonyl (C=O) groups is 1. The summed E-state index contributed by atoms with van der Waals surface area (Å²) in [5, 5.41) is 0. The van der Waals surface area contributed by atoms with Gasteiger partial charge in [-0.1, -0.05) is 13.0 Å². The van der Waals surface area contributed by atoms with Crippen molar-refractivity contribution in [3.8, 4) is 0 Å². The maximum Gasteiger partial charge on any atom is 0.170 e. The second-order valence-electron chi connectivity index (χ2n) is 1.41. The molecule has 0 aromatic carbocycles. The van der Waals surface area contributed by atoms with Gasteiger partial charge in [0.1, 0.15) is 0 Å². The Morgan fingerprint density at radius 1 is 1.75 bits per heavy atom. The monoisotopic (exact) mass is 132 g/mol. The molecule has 0 saturated heterocycles. The molecule has 0 unspecified atom stereocenters. The third kappa shape index (κ3) is 3.88. The Balaban J connectivity index is 3.37. The van der Waals surface area contributed by atoms with Crippen LogP contribution >= 0.6 is 11.6 Å². The van der Waals surface area contributed by atoms with Gasteiger partial charge in [-0.3, -0.25) is 4.79 Å². The summed E-state index contributed by atoms with van der Waals surface area (Å²) in [6, 6.07) is 0. The van der Waals surface area contributed by atoms with E-state index in [0.717, 1.165) is 6.42 Å². The molecule has 0 heterocycles. The van der Waals surface area contributed by atoms with Crippen LogP contribution in [0, 0.1) is 0 Å². The third-order valence-corrected chi connectivity index (χ3v) is 0.935. The summed E-state index contributed by atoms with van der Waals surface area (Å²) in [5.74, 6) is 0.0739. The molecule has 0 aliphatic heterocycles. The van der Waals surface area contributed by atoms with Gasteiger partial charge in [-0.05, 0) is 12.5 Å². The van der Waals surface area contributed by atoms with E-state index in [4.69, 9.17) is 11.6 Å². The van der Waals surface area contributed by atoms with Gasteiger partial charge in [-0.2, -0.15) is 0 Å². The summed E-state index contributed by atoms with van der Waals surface area (Å²) >= 11 is 5.19. The molecular formula is C6H9ClO. The quantitative estimate of drug-likeness (QED) is 0.423. The standard InChI is InChI=1S/C6H9ClO/c1-2-3-4-6(8)5-7/h3-4H,2,5H2,1H3/b4-3+. The Labute approximate surface area is 54.3 Å². The van der Waals surface area contributed by atoms with E-state index >= 15 is 0 Å². The predicted molar refractivity (Wildman–Crippen MR) is 35.2 cm³/mol. The van der Waals surface area contributed by atoms with E-state index < -0.39 is 0 Å². The van der Waals surface area contributed by atoms with E-state index in [2.05, 4.69) is 0 Å². The van der Waals surface area contributed by atoms with E-state index in [0.29, 0.717) is 0 Å². The molecule has 0 aromatic heterocycles. The molecular weight excluding hydrogens is 124 g/mol. The molecule has 8 heavy (non-hydrogen) atoms. The topological polar surface area (TPSA) is 17.1 Å². The van der Waals surface area contributed by atoms with Crippen LogP contribution < -0.4 is 0 Å². The van der Waals surface area contributed by atoms with Gasteiger partial charge in [-0.25, -0.2) is 0 Å². The van der Waals surface area contributed by atoms with E-state index in [9.17, 15) is 4.79 Å². The third-order valence-electron chi connectivity index (χ3n) is 0.671. The first-order chi connectivity index (χ1) is 3.81. The number of hydrogen-bond acceptors (Lipinski definition) is 1. The molecule has 46 valence electrons. The maximum absolute atomic E-state index is 10.4. The molecule has 0 fully saturated rings. The highest BCUT2D eigenvalue weighted by molar-refractivity contribution is 6.29. The van der Waals surface area contributed by atoms with Crippen molar-refractivity contribution in [3.05, 3.63) is 12.2 Å². The molecule has 0 aliphatic carbocycles. The zero-order chi connectivity index (χ0) is 6.41. The largest absolute Gasteiger partial charge is 0.294 e. The highest BCUT2D eigenvalue weighted by atomic mass is 35.5. The maximum atomic E-state index is 10.4. The highest BCUT2D eigenvalue weighted by Crippen LogP contribution is 1.83. The lowest BCUT2D eigenvalue weighted by Crippen LogP contribution is -1.91. The summed E-state index contributed by atoms with van der Waals surface area (Å²) in [6.45, 7) is 1.97. The molecule has 0 radical (unpaired) electrons. The van der Waals surface area contributed by atoms with Crippen molar-refractivity contribution in [2.75, 3.05) is 5.88 Å². The lowest BCUT2D eigenvalue weighted by atomic mass is 10.3. The number of ketones is 1. The smallest absolute Gasteiger partial charge is 0.170 e. The number of rotatable bonds is 3. The fourth-order valence-corrected chi connectivity index (χ4v) is 0.383.